The van der Waals surface area contributed by atoms with Gasteiger partial charge in [-0.25, -0.2) is 0 Å². The quantitative estimate of drug-likeness (QED) is 0.726. The molecule has 2 heterocycles. The zero-order valence-electron chi connectivity index (χ0n) is 12.9. The fraction of sp³-hybridized carbons (Fsp3) is 0.188. The monoisotopic (exact) mass is 390 g/mol. The number of carbonyl (C=O) groups excluding carboxylic acids is 1. The van der Waals surface area contributed by atoms with Gasteiger partial charge in [-0.05, 0) is 51.1 Å². The van der Waals surface area contributed by atoms with Gasteiger partial charge in [0.25, 0.3) is 5.91 Å². The van der Waals surface area contributed by atoms with Crippen LogP contribution < -0.4 is 5.32 Å². The highest BCUT2D eigenvalue weighted by Crippen LogP contribution is 2.23. The van der Waals surface area contributed by atoms with Gasteiger partial charge in [0.1, 0.15) is 5.01 Å². The maximum Gasteiger partial charge on any atom is 0.259 e. The summed E-state index contributed by atoms with van der Waals surface area (Å²) < 4.78 is 3.08. The van der Waals surface area contributed by atoms with Crippen molar-refractivity contribution in [3.63, 3.8) is 0 Å². The van der Waals surface area contributed by atoms with E-state index in [4.69, 9.17) is 0 Å². The Morgan fingerprint density at radius 2 is 1.87 bits per heavy atom. The third kappa shape index (κ3) is 3.20. The van der Waals surface area contributed by atoms with Crippen LogP contribution in [0.3, 0.4) is 0 Å². The maximum atomic E-state index is 12.5. The fourth-order valence-corrected chi connectivity index (χ4v) is 3.34. The molecule has 0 atom stereocenters. The van der Waals surface area contributed by atoms with E-state index in [1.807, 2.05) is 51.1 Å². The normalized spacial score (nSPS) is 10.8. The van der Waals surface area contributed by atoms with E-state index in [1.165, 1.54) is 11.3 Å². The molecule has 0 unspecified atom stereocenters. The lowest BCUT2D eigenvalue weighted by Gasteiger charge is -2.10. The highest BCUT2D eigenvalue weighted by Gasteiger charge is 2.17. The zero-order chi connectivity index (χ0) is 16.6. The van der Waals surface area contributed by atoms with Crippen LogP contribution in [0.1, 0.15) is 26.8 Å². The first-order chi connectivity index (χ1) is 11.0. The number of carbonyl (C=O) groups is 1. The Morgan fingerprint density at radius 1 is 1.17 bits per heavy atom. The number of halogens is 1. The van der Waals surface area contributed by atoms with E-state index in [9.17, 15) is 4.79 Å². The molecule has 5 nitrogen and oxygen atoms in total. The van der Waals surface area contributed by atoms with E-state index in [0.717, 1.165) is 26.6 Å². The largest absolute Gasteiger partial charge is 0.318 e. The lowest BCUT2D eigenvalue weighted by atomic mass is 10.2. The second-order valence-corrected chi connectivity index (χ2v) is 7.27. The molecule has 1 amide bonds. The second kappa shape index (κ2) is 6.25. The van der Waals surface area contributed by atoms with Crippen molar-refractivity contribution in [2.24, 2.45) is 0 Å². The van der Waals surface area contributed by atoms with E-state index in [2.05, 4.69) is 36.0 Å². The van der Waals surface area contributed by atoms with Gasteiger partial charge in [-0.3, -0.25) is 10.1 Å². The Labute approximate surface area is 146 Å². The van der Waals surface area contributed by atoms with Crippen LogP contribution in [0.5, 0.6) is 0 Å². The third-order valence-corrected chi connectivity index (χ3v) is 4.79. The summed E-state index contributed by atoms with van der Waals surface area (Å²) >= 11 is 4.80. The van der Waals surface area contributed by atoms with Gasteiger partial charge in [-0.1, -0.05) is 27.3 Å². The average Bonchev–Trinajstić information content (AvgIpc) is 3.04. The Bertz CT molecular complexity index is 867. The van der Waals surface area contributed by atoms with Crippen molar-refractivity contribution in [2.75, 3.05) is 5.32 Å². The molecular formula is C16H15BrN4OS. The summed E-state index contributed by atoms with van der Waals surface area (Å²) in [4.78, 5) is 12.5. The Kier molecular flexibility index (Phi) is 4.32. The number of nitrogens with one attached hydrogen (secondary N) is 1. The van der Waals surface area contributed by atoms with Crippen molar-refractivity contribution < 1.29 is 4.79 Å². The predicted molar refractivity (Wildman–Crippen MR) is 95.5 cm³/mol. The summed E-state index contributed by atoms with van der Waals surface area (Å²) in [6.07, 6.45) is 0. The minimum absolute atomic E-state index is 0.169. The molecule has 118 valence electrons. The van der Waals surface area contributed by atoms with Crippen LogP contribution >= 0.6 is 27.3 Å². The second-order valence-electron chi connectivity index (χ2n) is 5.18. The smallest absolute Gasteiger partial charge is 0.259 e. The van der Waals surface area contributed by atoms with Crippen LogP contribution in [0, 0.1) is 20.8 Å². The standard InChI is InChI=1S/C16H15BrN4OS/c1-9-8-14(15(22)18-16-20-19-11(3)23-16)10(2)21(9)13-6-4-12(17)5-7-13/h4-8H,1-3H3,(H,18,20,22). The lowest BCUT2D eigenvalue weighted by molar-refractivity contribution is 0.102. The molecule has 0 radical (unpaired) electrons. The molecule has 2 aromatic heterocycles. The van der Waals surface area contributed by atoms with Gasteiger partial charge in [-0.15, -0.1) is 10.2 Å². The maximum absolute atomic E-state index is 12.5. The number of aromatic nitrogens is 3. The first-order valence-corrected chi connectivity index (χ1v) is 8.63. The van der Waals surface area contributed by atoms with Crippen LogP contribution in [-0.4, -0.2) is 20.7 Å². The minimum Gasteiger partial charge on any atom is -0.318 e. The Balaban J connectivity index is 1.94. The van der Waals surface area contributed by atoms with Crippen molar-refractivity contribution in [3.8, 4) is 5.69 Å². The van der Waals surface area contributed by atoms with Gasteiger partial charge in [-0.2, -0.15) is 0 Å². The van der Waals surface area contributed by atoms with E-state index >= 15 is 0 Å². The van der Waals surface area contributed by atoms with Crippen LogP contribution in [0.2, 0.25) is 0 Å². The predicted octanol–water partition coefficient (Wildman–Crippen LogP) is 4.27. The molecule has 7 heteroatoms. The van der Waals surface area contributed by atoms with E-state index in [-0.39, 0.29) is 5.91 Å². The molecule has 0 aliphatic heterocycles. The number of hydrogen-bond donors (Lipinski definition) is 1. The molecular weight excluding hydrogens is 376 g/mol. The van der Waals surface area contributed by atoms with Gasteiger partial charge >= 0.3 is 0 Å². The summed E-state index contributed by atoms with van der Waals surface area (Å²) in [5.74, 6) is -0.169. The molecule has 0 bridgehead atoms. The molecule has 0 spiro atoms. The van der Waals surface area contributed by atoms with Gasteiger partial charge in [0.2, 0.25) is 5.13 Å². The molecule has 1 aromatic carbocycles. The van der Waals surface area contributed by atoms with Crippen molar-refractivity contribution in [2.45, 2.75) is 20.8 Å². The van der Waals surface area contributed by atoms with E-state index in [1.54, 1.807) is 0 Å². The SMILES string of the molecule is Cc1nnc(NC(=O)c2cc(C)n(-c3ccc(Br)cc3)c2C)s1. The summed E-state index contributed by atoms with van der Waals surface area (Å²) in [6, 6.07) is 9.89. The number of hydrogen-bond acceptors (Lipinski definition) is 4. The molecule has 1 N–H and O–H groups in total. The van der Waals surface area contributed by atoms with Gasteiger partial charge in [0.05, 0.1) is 5.56 Å². The summed E-state index contributed by atoms with van der Waals surface area (Å²) in [6.45, 7) is 5.78. The molecule has 0 fully saturated rings. The number of rotatable bonds is 3. The molecule has 23 heavy (non-hydrogen) atoms. The fourth-order valence-electron chi connectivity index (χ4n) is 2.49. The highest BCUT2D eigenvalue weighted by molar-refractivity contribution is 9.10. The van der Waals surface area contributed by atoms with Crippen LogP contribution in [0.25, 0.3) is 5.69 Å². The van der Waals surface area contributed by atoms with Crippen LogP contribution in [0.4, 0.5) is 5.13 Å². The van der Waals surface area contributed by atoms with Crippen molar-refractivity contribution in [3.05, 3.63) is 56.8 Å². The van der Waals surface area contributed by atoms with Crippen molar-refractivity contribution in [1.82, 2.24) is 14.8 Å². The van der Waals surface area contributed by atoms with Gasteiger partial charge < -0.3 is 4.57 Å². The average molecular weight is 391 g/mol. The molecule has 0 aliphatic rings. The number of aryl methyl sites for hydroxylation is 2. The molecule has 3 rings (SSSR count). The first kappa shape index (κ1) is 15.9. The number of anilines is 1. The number of nitrogens with zero attached hydrogens (tertiary/aromatic N) is 3. The summed E-state index contributed by atoms with van der Waals surface area (Å²) in [5, 5.41) is 12.0. The third-order valence-electron chi connectivity index (χ3n) is 3.51. The Hall–Kier alpha value is -1.99. The van der Waals surface area contributed by atoms with Gasteiger partial charge in [0, 0.05) is 21.5 Å². The zero-order valence-corrected chi connectivity index (χ0v) is 15.3. The molecule has 0 saturated carbocycles. The van der Waals surface area contributed by atoms with Crippen molar-refractivity contribution >= 4 is 38.3 Å². The number of amides is 1. The minimum atomic E-state index is -0.169. The molecule has 0 saturated heterocycles. The summed E-state index contributed by atoms with van der Waals surface area (Å²) in [5.41, 5.74) is 3.55. The summed E-state index contributed by atoms with van der Waals surface area (Å²) in [7, 11) is 0. The number of benzene rings is 1. The van der Waals surface area contributed by atoms with Crippen molar-refractivity contribution in [1.29, 1.82) is 0 Å². The van der Waals surface area contributed by atoms with Gasteiger partial charge in [0.15, 0.2) is 0 Å². The highest BCUT2D eigenvalue weighted by atomic mass is 79.9. The first-order valence-electron chi connectivity index (χ1n) is 7.02. The molecule has 0 aliphatic carbocycles. The molecule has 3 aromatic rings. The van der Waals surface area contributed by atoms with Crippen LogP contribution in [0.15, 0.2) is 34.8 Å². The van der Waals surface area contributed by atoms with E-state index in [0.29, 0.717) is 10.7 Å². The van der Waals surface area contributed by atoms with E-state index < -0.39 is 0 Å². The van der Waals surface area contributed by atoms with Crippen LogP contribution in [-0.2, 0) is 0 Å². The Morgan fingerprint density at radius 3 is 2.48 bits per heavy atom. The lowest BCUT2D eigenvalue weighted by Crippen LogP contribution is -2.13. The topological polar surface area (TPSA) is 59.8 Å².